The van der Waals surface area contributed by atoms with Gasteiger partial charge in [-0.1, -0.05) is 117 Å². The Hall–Kier alpha value is -0.980. The second-order valence-corrected chi connectivity index (χ2v) is 10.0. The molecule has 0 aliphatic rings. The van der Waals surface area contributed by atoms with Crippen molar-refractivity contribution in [2.75, 3.05) is 0 Å². The van der Waals surface area contributed by atoms with Gasteiger partial charge in [-0.3, -0.25) is 0 Å². The van der Waals surface area contributed by atoms with E-state index in [2.05, 4.69) is 0 Å². The van der Waals surface area contributed by atoms with Crippen molar-refractivity contribution in [3.63, 3.8) is 0 Å². The maximum absolute atomic E-state index is 8.29. The third kappa shape index (κ3) is 9.12. The lowest BCUT2D eigenvalue weighted by atomic mass is 10.1. The number of benzene rings is 4. The molecular weight excluding hydrogens is 636 g/mol. The van der Waals surface area contributed by atoms with Crippen LogP contribution in [0, 0.1) is 0 Å². The molecule has 0 atom stereocenters. The summed E-state index contributed by atoms with van der Waals surface area (Å²) in [5, 5.41) is 4.36. The van der Waals surface area contributed by atoms with E-state index in [-0.39, 0.29) is 0 Å². The zero-order valence-electron chi connectivity index (χ0n) is 17.2. The standard InChI is InChI=1S/2C12H6Cl4.O2S/c2*13-8-3-1-7(2-4-8)9-5-11(15)12(16)6-10(9)14;1-3-2/h2*1-6H;. The minimum absolute atomic E-state index is 0.449. The molecule has 4 aromatic carbocycles. The van der Waals surface area contributed by atoms with Gasteiger partial charge in [-0.25, -0.2) is 0 Å². The van der Waals surface area contributed by atoms with Gasteiger partial charge in [-0.2, -0.15) is 8.42 Å². The molecule has 0 aliphatic carbocycles. The van der Waals surface area contributed by atoms with Gasteiger partial charge < -0.3 is 0 Å². The number of hydrogen-bond donors (Lipinski definition) is 0. The Morgan fingerprint density at radius 2 is 0.657 bits per heavy atom. The van der Waals surface area contributed by atoms with Crippen LogP contribution in [0.4, 0.5) is 0 Å². The SMILES string of the molecule is Clc1ccc(-c2cc(Cl)c(Cl)cc2Cl)cc1.Clc1ccc(-c2cc(Cl)c(Cl)cc2Cl)cc1.O=S=O. The Kier molecular flexibility index (Phi) is 12.7. The van der Waals surface area contributed by atoms with E-state index in [0.29, 0.717) is 40.2 Å². The van der Waals surface area contributed by atoms with Gasteiger partial charge in [0.1, 0.15) is 0 Å². The summed E-state index contributed by atoms with van der Waals surface area (Å²) < 4.78 is 16.6. The topological polar surface area (TPSA) is 34.1 Å². The molecule has 4 rings (SSSR count). The number of halogens is 8. The van der Waals surface area contributed by atoms with Crippen molar-refractivity contribution in [2.45, 2.75) is 0 Å². The highest BCUT2D eigenvalue weighted by Crippen LogP contribution is 2.36. The predicted octanol–water partition coefficient (Wildman–Crippen LogP) is 11.3. The van der Waals surface area contributed by atoms with Crippen molar-refractivity contribution in [1.82, 2.24) is 0 Å². The summed E-state index contributed by atoms with van der Waals surface area (Å²) in [6.45, 7) is 0. The molecule has 0 N–H and O–H groups in total. The van der Waals surface area contributed by atoms with E-state index in [1.807, 2.05) is 24.3 Å². The van der Waals surface area contributed by atoms with Crippen molar-refractivity contribution in [1.29, 1.82) is 0 Å². The molecule has 0 saturated heterocycles. The maximum Gasteiger partial charge on any atom is 0.335 e. The van der Waals surface area contributed by atoms with Crippen LogP contribution >= 0.6 is 92.8 Å². The molecule has 0 heterocycles. The minimum atomic E-state index is -0.750. The summed E-state index contributed by atoms with van der Waals surface area (Å²) in [4.78, 5) is 0. The lowest BCUT2D eigenvalue weighted by Crippen LogP contribution is -1.81. The lowest BCUT2D eigenvalue weighted by Gasteiger charge is -2.06. The van der Waals surface area contributed by atoms with Crippen molar-refractivity contribution >= 4 is 104 Å². The number of rotatable bonds is 2. The summed E-state index contributed by atoms with van der Waals surface area (Å²) >= 11 is 46.7. The van der Waals surface area contributed by atoms with Crippen LogP contribution in [0.25, 0.3) is 22.3 Å². The molecule has 0 bridgehead atoms. The second kappa shape index (κ2) is 14.7. The first-order chi connectivity index (χ1) is 16.6. The van der Waals surface area contributed by atoms with Gasteiger partial charge in [-0.15, -0.1) is 0 Å². The highest BCUT2D eigenvalue weighted by molar-refractivity contribution is 7.51. The molecule has 4 aromatic rings. The van der Waals surface area contributed by atoms with Crippen LogP contribution in [0.15, 0.2) is 72.8 Å². The molecule has 0 amide bonds. The van der Waals surface area contributed by atoms with Crippen LogP contribution in [0.1, 0.15) is 0 Å². The molecule has 0 radical (unpaired) electrons. The molecule has 0 spiro atoms. The first-order valence-electron chi connectivity index (χ1n) is 9.30. The zero-order valence-corrected chi connectivity index (χ0v) is 24.0. The molecule has 0 aromatic heterocycles. The van der Waals surface area contributed by atoms with E-state index < -0.39 is 11.6 Å². The van der Waals surface area contributed by atoms with E-state index in [0.717, 1.165) is 22.3 Å². The first kappa shape index (κ1) is 30.2. The van der Waals surface area contributed by atoms with Crippen LogP contribution < -0.4 is 0 Å². The molecule has 0 unspecified atom stereocenters. The van der Waals surface area contributed by atoms with Crippen LogP contribution in [-0.2, 0) is 11.6 Å². The zero-order chi connectivity index (χ0) is 26.1. The van der Waals surface area contributed by atoms with Crippen LogP contribution in [0.2, 0.25) is 40.2 Å². The van der Waals surface area contributed by atoms with Crippen LogP contribution in [-0.4, -0.2) is 8.42 Å². The third-order valence-electron chi connectivity index (χ3n) is 4.33. The van der Waals surface area contributed by atoms with Gasteiger partial charge >= 0.3 is 11.6 Å². The smallest absolute Gasteiger partial charge is 0.168 e. The molecule has 0 saturated carbocycles. The fourth-order valence-corrected chi connectivity index (χ4v) is 4.31. The van der Waals surface area contributed by atoms with Gasteiger partial charge in [0, 0.05) is 31.2 Å². The van der Waals surface area contributed by atoms with Crippen LogP contribution in [0.5, 0.6) is 0 Å². The fourth-order valence-electron chi connectivity index (χ4n) is 2.75. The summed E-state index contributed by atoms with van der Waals surface area (Å²) in [6.07, 6.45) is 0. The predicted molar refractivity (Wildman–Crippen MR) is 153 cm³/mol. The van der Waals surface area contributed by atoms with E-state index in [9.17, 15) is 0 Å². The molecule has 35 heavy (non-hydrogen) atoms. The Bertz CT molecular complexity index is 1240. The largest absolute Gasteiger partial charge is 0.335 e. The molecule has 2 nitrogen and oxygen atoms in total. The van der Waals surface area contributed by atoms with E-state index >= 15 is 0 Å². The summed E-state index contributed by atoms with van der Waals surface area (Å²) in [7, 11) is 0. The summed E-state index contributed by atoms with van der Waals surface area (Å²) in [5.41, 5.74) is 3.58. The van der Waals surface area contributed by atoms with E-state index in [4.69, 9.17) is 101 Å². The highest BCUT2D eigenvalue weighted by Gasteiger charge is 2.09. The van der Waals surface area contributed by atoms with E-state index in [1.54, 1.807) is 48.5 Å². The second-order valence-electron chi connectivity index (χ2n) is 6.57. The monoisotopic (exact) mass is 644 g/mol. The van der Waals surface area contributed by atoms with E-state index in [1.165, 1.54) is 0 Å². The normalized spacial score (nSPS) is 9.94. The Balaban J connectivity index is 0.000000222. The quantitative estimate of drug-likeness (QED) is 0.203. The Morgan fingerprint density at radius 3 is 0.943 bits per heavy atom. The minimum Gasteiger partial charge on any atom is -0.168 e. The van der Waals surface area contributed by atoms with Gasteiger partial charge in [0.05, 0.1) is 20.1 Å². The Labute approximate surface area is 246 Å². The summed E-state index contributed by atoms with van der Waals surface area (Å²) in [5.74, 6) is 0. The van der Waals surface area contributed by atoms with Gasteiger partial charge in [-0.05, 0) is 59.7 Å². The van der Waals surface area contributed by atoms with Crippen molar-refractivity contribution in [3.05, 3.63) is 113 Å². The third-order valence-corrected chi connectivity index (χ3v) is 6.90. The average molecular weight is 648 g/mol. The fraction of sp³-hybridized carbons (Fsp3) is 0. The highest BCUT2D eigenvalue weighted by atomic mass is 35.5. The first-order valence-corrected chi connectivity index (χ1v) is 13.0. The Morgan fingerprint density at radius 1 is 0.400 bits per heavy atom. The lowest BCUT2D eigenvalue weighted by molar-refractivity contribution is 0.630. The van der Waals surface area contributed by atoms with Crippen molar-refractivity contribution in [3.8, 4) is 22.3 Å². The number of hydrogen-bond acceptors (Lipinski definition) is 2. The van der Waals surface area contributed by atoms with Crippen molar-refractivity contribution in [2.24, 2.45) is 0 Å². The maximum atomic E-state index is 8.29. The molecule has 0 fully saturated rings. The van der Waals surface area contributed by atoms with Gasteiger partial charge in [0.2, 0.25) is 0 Å². The molecule has 182 valence electrons. The van der Waals surface area contributed by atoms with Crippen molar-refractivity contribution < 1.29 is 8.42 Å². The van der Waals surface area contributed by atoms with Gasteiger partial charge in [0.15, 0.2) is 0 Å². The van der Waals surface area contributed by atoms with Gasteiger partial charge in [0.25, 0.3) is 0 Å². The molecular formula is C24H12Cl8O2S. The van der Waals surface area contributed by atoms with Crippen LogP contribution in [0.3, 0.4) is 0 Å². The average Bonchev–Trinajstić information content (AvgIpc) is 2.81. The molecule has 11 heteroatoms. The molecule has 0 aliphatic heterocycles. The summed E-state index contributed by atoms with van der Waals surface area (Å²) in [6, 6.07) is 21.5.